The lowest BCUT2D eigenvalue weighted by molar-refractivity contribution is 1.00. The molecule has 0 radical (unpaired) electrons. The maximum atomic E-state index is 4.18. The number of rotatable bonds is 3. The smallest absolute Gasteiger partial charge is 0.0855 e. The summed E-state index contributed by atoms with van der Waals surface area (Å²) in [6.45, 7) is 5.72. The van der Waals surface area contributed by atoms with Gasteiger partial charge in [-0.3, -0.25) is 0 Å². The second-order valence-electron chi connectivity index (χ2n) is 1.77. The van der Waals surface area contributed by atoms with Gasteiger partial charge in [-0.2, -0.15) is 5.10 Å². The minimum absolute atomic E-state index is 0.931. The normalized spacial score (nSPS) is 9.70. The molecule has 0 saturated heterocycles. The zero-order chi connectivity index (χ0) is 7.40. The van der Waals surface area contributed by atoms with E-state index in [0.29, 0.717) is 0 Å². The van der Waals surface area contributed by atoms with Crippen molar-refractivity contribution in [3.63, 3.8) is 0 Å². The maximum absolute atomic E-state index is 4.18. The third-order valence-electron chi connectivity index (χ3n) is 1.06. The molecule has 0 aliphatic heterocycles. The lowest BCUT2D eigenvalue weighted by atomic mass is 10.4. The van der Waals surface area contributed by atoms with Crippen molar-refractivity contribution < 1.29 is 0 Å². The molecule has 0 aromatic carbocycles. The number of aromatic nitrogens is 2. The van der Waals surface area contributed by atoms with Gasteiger partial charge in [-0.25, -0.2) is 4.09 Å². The van der Waals surface area contributed by atoms with Crippen LogP contribution in [0.1, 0.15) is 12.6 Å². The van der Waals surface area contributed by atoms with Crippen LogP contribution in [0.2, 0.25) is 0 Å². The second-order valence-corrected chi connectivity index (χ2v) is 2.97. The topological polar surface area (TPSA) is 17.8 Å². The van der Waals surface area contributed by atoms with Crippen LogP contribution in [0.15, 0.2) is 18.8 Å². The average molecular weight is 154 g/mol. The first kappa shape index (κ1) is 7.41. The Kier molecular flexibility index (Phi) is 2.57. The number of nitrogens with zero attached hydrogens (tertiary/aromatic N) is 2. The fourth-order valence-electron chi connectivity index (χ4n) is 0.634. The van der Waals surface area contributed by atoms with Gasteiger partial charge in [0.05, 0.1) is 5.69 Å². The van der Waals surface area contributed by atoms with Gasteiger partial charge in [0.1, 0.15) is 0 Å². The molecular weight excluding hydrogens is 144 g/mol. The van der Waals surface area contributed by atoms with Crippen LogP contribution in [-0.4, -0.2) is 14.9 Å². The predicted molar refractivity (Wildman–Crippen MR) is 45.8 cm³/mol. The van der Waals surface area contributed by atoms with Crippen molar-refractivity contribution >= 4 is 18.0 Å². The van der Waals surface area contributed by atoms with Gasteiger partial charge in [0.25, 0.3) is 0 Å². The number of hydrogen-bond acceptors (Lipinski definition) is 2. The summed E-state index contributed by atoms with van der Waals surface area (Å²) in [6.07, 6.45) is 3.68. The van der Waals surface area contributed by atoms with E-state index in [2.05, 4.69) is 18.6 Å². The van der Waals surface area contributed by atoms with Crippen molar-refractivity contribution in [3.8, 4) is 0 Å². The summed E-state index contributed by atoms with van der Waals surface area (Å²) in [5.74, 6) is 1.04. The van der Waals surface area contributed by atoms with Crippen molar-refractivity contribution in [2.75, 3.05) is 5.75 Å². The molecule has 0 unspecified atom stereocenters. The van der Waals surface area contributed by atoms with Crippen LogP contribution in [0.5, 0.6) is 0 Å². The van der Waals surface area contributed by atoms with Gasteiger partial charge in [-0.05, 0) is 24.1 Å². The molecule has 0 amide bonds. The highest BCUT2D eigenvalue weighted by molar-refractivity contribution is 7.97. The predicted octanol–water partition coefficient (Wildman–Crippen LogP) is 2.04. The molecule has 54 valence electrons. The summed E-state index contributed by atoms with van der Waals surface area (Å²) in [5, 5.41) is 4.18. The quantitative estimate of drug-likeness (QED) is 0.663. The van der Waals surface area contributed by atoms with Gasteiger partial charge in [0, 0.05) is 11.9 Å². The van der Waals surface area contributed by atoms with Crippen molar-refractivity contribution in [3.05, 3.63) is 24.5 Å². The molecule has 2 nitrogen and oxygen atoms in total. The van der Waals surface area contributed by atoms with E-state index in [-0.39, 0.29) is 0 Å². The third kappa shape index (κ3) is 1.64. The van der Waals surface area contributed by atoms with Crippen molar-refractivity contribution in [1.29, 1.82) is 0 Å². The Morgan fingerprint density at radius 2 is 2.70 bits per heavy atom. The molecule has 0 N–H and O–H groups in total. The van der Waals surface area contributed by atoms with E-state index in [4.69, 9.17) is 0 Å². The molecule has 3 heteroatoms. The molecule has 1 aromatic rings. The first-order valence-electron chi connectivity index (χ1n) is 3.18. The SMILES string of the molecule is C=Cc1ccn(SCC)n1. The number of hydrogen-bond donors (Lipinski definition) is 0. The summed E-state index contributed by atoms with van der Waals surface area (Å²) in [7, 11) is 0. The molecule has 1 rings (SSSR count). The van der Waals surface area contributed by atoms with E-state index >= 15 is 0 Å². The largest absolute Gasteiger partial charge is 0.214 e. The van der Waals surface area contributed by atoms with Gasteiger partial charge < -0.3 is 0 Å². The molecule has 0 saturated carbocycles. The standard InChI is InChI=1S/C7H10N2S/c1-3-7-5-6-9(8-7)10-4-2/h3,5-6H,1,4H2,2H3. The zero-order valence-electron chi connectivity index (χ0n) is 5.95. The van der Waals surface area contributed by atoms with Crippen molar-refractivity contribution in [1.82, 2.24) is 9.19 Å². The molecule has 0 aliphatic rings. The average Bonchev–Trinajstić information content (AvgIpc) is 2.37. The van der Waals surface area contributed by atoms with Crippen LogP contribution in [-0.2, 0) is 0 Å². The molecule has 0 spiro atoms. The van der Waals surface area contributed by atoms with E-state index in [9.17, 15) is 0 Å². The zero-order valence-corrected chi connectivity index (χ0v) is 6.77. The summed E-state index contributed by atoms with van der Waals surface area (Å²) < 4.78 is 1.84. The Bertz CT molecular complexity index is 217. The summed E-state index contributed by atoms with van der Waals surface area (Å²) in [6, 6.07) is 1.94. The summed E-state index contributed by atoms with van der Waals surface area (Å²) >= 11 is 1.67. The fraction of sp³-hybridized carbons (Fsp3) is 0.286. The second kappa shape index (κ2) is 3.46. The van der Waals surface area contributed by atoms with Crippen LogP contribution in [0.4, 0.5) is 0 Å². The molecule has 0 atom stereocenters. The minimum atomic E-state index is 0.931. The van der Waals surface area contributed by atoms with E-state index in [1.54, 1.807) is 18.0 Å². The molecule has 0 fully saturated rings. The van der Waals surface area contributed by atoms with Crippen LogP contribution >= 0.6 is 11.9 Å². The highest BCUT2D eigenvalue weighted by Crippen LogP contribution is 2.05. The lowest BCUT2D eigenvalue weighted by Crippen LogP contribution is -1.87. The fourth-order valence-corrected chi connectivity index (χ4v) is 1.20. The third-order valence-corrected chi connectivity index (χ3v) is 1.78. The molecule has 1 heterocycles. The highest BCUT2D eigenvalue weighted by Gasteiger charge is 1.91. The Labute approximate surface area is 65.1 Å². The first-order valence-corrected chi connectivity index (χ1v) is 4.12. The minimum Gasteiger partial charge on any atom is -0.214 e. The Hall–Kier alpha value is -0.700. The highest BCUT2D eigenvalue weighted by atomic mass is 32.2. The van der Waals surface area contributed by atoms with Gasteiger partial charge in [-0.15, -0.1) is 0 Å². The van der Waals surface area contributed by atoms with Crippen LogP contribution in [0.3, 0.4) is 0 Å². The maximum Gasteiger partial charge on any atom is 0.0855 e. The van der Waals surface area contributed by atoms with Gasteiger partial charge in [-0.1, -0.05) is 13.5 Å². The van der Waals surface area contributed by atoms with Crippen molar-refractivity contribution in [2.45, 2.75) is 6.92 Å². The Morgan fingerprint density at radius 3 is 3.20 bits per heavy atom. The van der Waals surface area contributed by atoms with Gasteiger partial charge in [0.2, 0.25) is 0 Å². The molecule has 0 aliphatic carbocycles. The van der Waals surface area contributed by atoms with Gasteiger partial charge in [0.15, 0.2) is 0 Å². The summed E-state index contributed by atoms with van der Waals surface area (Å²) in [5.41, 5.74) is 0.931. The molecule has 10 heavy (non-hydrogen) atoms. The molecular formula is C7H10N2S. The van der Waals surface area contributed by atoms with Crippen LogP contribution < -0.4 is 0 Å². The molecule has 1 aromatic heterocycles. The van der Waals surface area contributed by atoms with Crippen LogP contribution in [0, 0.1) is 0 Å². The Balaban J connectivity index is 2.68. The first-order chi connectivity index (χ1) is 4.86. The van der Waals surface area contributed by atoms with Crippen molar-refractivity contribution in [2.24, 2.45) is 0 Å². The monoisotopic (exact) mass is 154 g/mol. The lowest BCUT2D eigenvalue weighted by Gasteiger charge is -1.92. The van der Waals surface area contributed by atoms with Gasteiger partial charge >= 0.3 is 0 Å². The van der Waals surface area contributed by atoms with E-state index < -0.39 is 0 Å². The molecule has 0 bridgehead atoms. The Morgan fingerprint density at radius 1 is 1.90 bits per heavy atom. The van der Waals surface area contributed by atoms with E-state index in [1.807, 2.05) is 16.4 Å². The summed E-state index contributed by atoms with van der Waals surface area (Å²) in [4.78, 5) is 0. The van der Waals surface area contributed by atoms with Crippen LogP contribution in [0.25, 0.3) is 6.08 Å². The van der Waals surface area contributed by atoms with E-state index in [1.165, 1.54) is 0 Å². The van der Waals surface area contributed by atoms with E-state index in [0.717, 1.165) is 11.4 Å².